The SMILES string of the molecule is O=C(CSc1ccc2c(c1)OCCO2)Nc1ccc(Oc2ncccn2)cc1. The van der Waals surface area contributed by atoms with Crippen molar-refractivity contribution in [2.45, 2.75) is 4.90 Å². The Labute approximate surface area is 166 Å². The van der Waals surface area contributed by atoms with Gasteiger partial charge in [0.15, 0.2) is 11.5 Å². The molecule has 0 atom stereocenters. The highest BCUT2D eigenvalue weighted by Crippen LogP contribution is 2.34. The van der Waals surface area contributed by atoms with Crippen molar-refractivity contribution in [3.8, 4) is 23.3 Å². The molecule has 3 aromatic rings. The quantitative estimate of drug-likeness (QED) is 0.636. The Balaban J connectivity index is 1.29. The van der Waals surface area contributed by atoms with Crippen LogP contribution in [0.5, 0.6) is 23.3 Å². The van der Waals surface area contributed by atoms with Crippen LogP contribution in [0, 0.1) is 0 Å². The summed E-state index contributed by atoms with van der Waals surface area (Å²) in [4.78, 5) is 21.2. The summed E-state index contributed by atoms with van der Waals surface area (Å²) in [5, 5.41) is 2.86. The van der Waals surface area contributed by atoms with Crippen LogP contribution in [0.15, 0.2) is 65.8 Å². The molecule has 2 heterocycles. The molecular weight excluding hydrogens is 378 g/mol. The zero-order chi connectivity index (χ0) is 19.2. The Morgan fingerprint density at radius 1 is 1.04 bits per heavy atom. The molecule has 0 saturated heterocycles. The van der Waals surface area contributed by atoms with E-state index >= 15 is 0 Å². The standard InChI is InChI=1S/C20H17N3O4S/c24-19(13-28-16-6-7-17-18(12-16)26-11-10-25-17)23-14-2-4-15(5-3-14)27-20-21-8-1-9-22-20/h1-9,12H,10-11,13H2,(H,23,24). The van der Waals surface area contributed by atoms with Gasteiger partial charge in [-0.05, 0) is 48.5 Å². The Morgan fingerprint density at radius 3 is 2.57 bits per heavy atom. The van der Waals surface area contributed by atoms with Crippen molar-refractivity contribution in [1.29, 1.82) is 0 Å². The number of thioether (sulfide) groups is 1. The molecule has 0 unspecified atom stereocenters. The van der Waals surface area contributed by atoms with Gasteiger partial charge in [-0.1, -0.05) is 0 Å². The summed E-state index contributed by atoms with van der Waals surface area (Å²) in [7, 11) is 0. The smallest absolute Gasteiger partial charge is 0.321 e. The molecule has 0 radical (unpaired) electrons. The first-order valence-corrected chi connectivity index (χ1v) is 9.62. The number of rotatable bonds is 6. The average molecular weight is 395 g/mol. The highest BCUT2D eigenvalue weighted by molar-refractivity contribution is 8.00. The van der Waals surface area contributed by atoms with Gasteiger partial charge in [-0.2, -0.15) is 0 Å². The number of benzene rings is 2. The van der Waals surface area contributed by atoms with Gasteiger partial charge < -0.3 is 19.5 Å². The normalized spacial score (nSPS) is 12.3. The van der Waals surface area contributed by atoms with Crippen molar-refractivity contribution in [3.05, 3.63) is 60.9 Å². The van der Waals surface area contributed by atoms with Crippen molar-refractivity contribution in [3.63, 3.8) is 0 Å². The number of hydrogen-bond acceptors (Lipinski definition) is 7. The van der Waals surface area contributed by atoms with Gasteiger partial charge in [-0.3, -0.25) is 4.79 Å². The van der Waals surface area contributed by atoms with E-state index < -0.39 is 0 Å². The lowest BCUT2D eigenvalue weighted by molar-refractivity contribution is -0.113. The van der Waals surface area contributed by atoms with Gasteiger partial charge in [0, 0.05) is 23.0 Å². The Hall–Kier alpha value is -3.26. The highest BCUT2D eigenvalue weighted by atomic mass is 32.2. The van der Waals surface area contributed by atoms with E-state index in [0.29, 0.717) is 24.7 Å². The predicted octanol–water partition coefficient (Wildman–Crippen LogP) is 3.77. The van der Waals surface area contributed by atoms with E-state index in [-0.39, 0.29) is 17.7 Å². The number of ether oxygens (including phenoxy) is 3. The third-order valence-electron chi connectivity index (χ3n) is 3.77. The molecule has 1 N–H and O–H groups in total. The molecule has 0 bridgehead atoms. The molecule has 0 spiro atoms. The number of carbonyl (C=O) groups is 1. The maximum atomic E-state index is 12.2. The molecule has 142 valence electrons. The minimum absolute atomic E-state index is 0.0973. The number of nitrogens with one attached hydrogen (secondary N) is 1. The van der Waals surface area contributed by atoms with Crippen LogP contribution in [-0.4, -0.2) is 34.8 Å². The lowest BCUT2D eigenvalue weighted by atomic mass is 10.3. The topological polar surface area (TPSA) is 82.6 Å². The molecule has 1 aliphatic heterocycles. The molecule has 0 aliphatic carbocycles. The van der Waals surface area contributed by atoms with Crippen LogP contribution in [-0.2, 0) is 4.79 Å². The van der Waals surface area contributed by atoms with Gasteiger partial charge in [-0.15, -0.1) is 11.8 Å². The van der Waals surface area contributed by atoms with Gasteiger partial charge in [0.25, 0.3) is 0 Å². The van der Waals surface area contributed by atoms with Crippen LogP contribution in [0.4, 0.5) is 5.69 Å². The van der Waals surface area contributed by atoms with Crippen molar-refractivity contribution in [2.24, 2.45) is 0 Å². The zero-order valence-electron chi connectivity index (χ0n) is 14.8. The molecule has 0 fully saturated rings. The first kappa shape index (κ1) is 18.1. The summed E-state index contributed by atoms with van der Waals surface area (Å²) < 4.78 is 16.6. The van der Waals surface area contributed by atoms with Crippen molar-refractivity contribution < 1.29 is 19.0 Å². The van der Waals surface area contributed by atoms with Crippen LogP contribution in [0.3, 0.4) is 0 Å². The van der Waals surface area contributed by atoms with Crippen LogP contribution >= 0.6 is 11.8 Å². The molecule has 2 aromatic carbocycles. The summed E-state index contributed by atoms with van der Waals surface area (Å²) in [6, 6.07) is 14.7. The first-order valence-electron chi connectivity index (χ1n) is 8.63. The number of amides is 1. The second-order valence-corrected chi connectivity index (χ2v) is 6.85. The van der Waals surface area contributed by atoms with Gasteiger partial charge in [0.2, 0.25) is 5.91 Å². The van der Waals surface area contributed by atoms with Gasteiger partial charge in [0.05, 0.1) is 5.75 Å². The maximum Gasteiger partial charge on any atom is 0.321 e. The number of hydrogen-bond donors (Lipinski definition) is 1. The van der Waals surface area contributed by atoms with E-state index in [1.165, 1.54) is 11.8 Å². The van der Waals surface area contributed by atoms with Gasteiger partial charge >= 0.3 is 6.01 Å². The van der Waals surface area contributed by atoms with Gasteiger partial charge in [-0.25, -0.2) is 9.97 Å². The molecule has 28 heavy (non-hydrogen) atoms. The fourth-order valence-electron chi connectivity index (χ4n) is 2.51. The minimum Gasteiger partial charge on any atom is -0.486 e. The predicted molar refractivity (Wildman–Crippen MR) is 105 cm³/mol. The zero-order valence-corrected chi connectivity index (χ0v) is 15.6. The Kier molecular flexibility index (Phi) is 5.58. The summed E-state index contributed by atoms with van der Waals surface area (Å²) in [5.41, 5.74) is 0.689. The van der Waals surface area contributed by atoms with E-state index in [1.54, 1.807) is 42.7 Å². The van der Waals surface area contributed by atoms with Crippen LogP contribution in [0.25, 0.3) is 0 Å². The highest BCUT2D eigenvalue weighted by Gasteiger charge is 2.12. The summed E-state index contributed by atoms with van der Waals surface area (Å²) in [5.74, 6) is 2.24. The fraction of sp³-hybridized carbons (Fsp3) is 0.150. The minimum atomic E-state index is -0.0973. The van der Waals surface area contributed by atoms with E-state index in [0.717, 1.165) is 16.4 Å². The third-order valence-corrected chi connectivity index (χ3v) is 4.77. The van der Waals surface area contributed by atoms with Crippen molar-refractivity contribution in [2.75, 3.05) is 24.3 Å². The molecular formula is C20H17N3O4S. The van der Waals surface area contributed by atoms with Crippen LogP contribution in [0.2, 0.25) is 0 Å². The lowest BCUT2D eigenvalue weighted by Gasteiger charge is -2.18. The summed E-state index contributed by atoms with van der Waals surface area (Å²) in [6.07, 6.45) is 3.21. The number of anilines is 1. The molecule has 0 saturated carbocycles. The van der Waals surface area contributed by atoms with Crippen LogP contribution in [0.1, 0.15) is 0 Å². The average Bonchev–Trinajstić information content (AvgIpc) is 2.74. The van der Waals surface area contributed by atoms with Crippen molar-refractivity contribution in [1.82, 2.24) is 9.97 Å². The number of carbonyl (C=O) groups excluding carboxylic acids is 1. The summed E-state index contributed by atoms with van der Waals surface area (Å²) >= 11 is 1.44. The Morgan fingerprint density at radius 2 is 1.79 bits per heavy atom. The largest absolute Gasteiger partial charge is 0.486 e. The van der Waals surface area contributed by atoms with Gasteiger partial charge in [0.1, 0.15) is 19.0 Å². The summed E-state index contributed by atoms with van der Waals surface area (Å²) in [6.45, 7) is 1.10. The van der Waals surface area contributed by atoms with E-state index in [4.69, 9.17) is 14.2 Å². The maximum absolute atomic E-state index is 12.2. The fourth-order valence-corrected chi connectivity index (χ4v) is 3.23. The monoisotopic (exact) mass is 395 g/mol. The number of nitrogens with zero attached hydrogens (tertiary/aromatic N) is 2. The molecule has 4 rings (SSSR count). The second-order valence-electron chi connectivity index (χ2n) is 5.80. The molecule has 1 amide bonds. The second kappa shape index (κ2) is 8.62. The lowest BCUT2D eigenvalue weighted by Crippen LogP contribution is -2.15. The Bertz CT molecular complexity index is 951. The molecule has 8 heteroatoms. The molecule has 1 aliphatic rings. The van der Waals surface area contributed by atoms with E-state index in [2.05, 4.69) is 15.3 Å². The molecule has 1 aromatic heterocycles. The third kappa shape index (κ3) is 4.72. The van der Waals surface area contributed by atoms with Crippen molar-refractivity contribution >= 4 is 23.4 Å². The van der Waals surface area contributed by atoms with Crippen LogP contribution < -0.4 is 19.5 Å². The van der Waals surface area contributed by atoms with E-state index in [9.17, 15) is 4.79 Å². The van der Waals surface area contributed by atoms with E-state index in [1.807, 2.05) is 18.2 Å². The number of fused-ring (bicyclic) bond motifs is 1. The molecule has 7 nitrogen and oxygen atoms in total. The first-order chi connectivity index (χ1) is 13.8. The number of aromatic nitrogens is 2.